The molecule has 50 valence electrons. The molecule has 0 unspecified atom stereocenters. The molecule has 0 saturated heterocycles. The Hall–Kier alpha value is 1.55. The summed E-state index contributed by atoms with van der Waals surface area (Å²) in [5, 5.41) is 0. The summed E-state index contributed by atoms with van der Waals surface area (Å²) in [6, 6.07) is 0. The van der Waals surface area contributed by atoms with E-state index in [0.29, 0.717) is 0 Å². The van der Waals surface area contributed by atoms with Gasteiger partial charge in [-0.05, 0) is 0 Å². The monoisotopic (exact) mass is 248 g/mol. The zero-order valence-corrected chi connectivity index (χ0v) is 10.5. The normalized spacial score (nSPS) is 8.25. The summed E-state index contributed by atoms with van der Waals surface area (Å²) in [6.45, 7) is 7.05. The van der Waals surface area contributed by atoms with Gasteiger partial charge >= 0.3 is 55.3 Å². The van der Waals surface area contributed by atoms with E-state index in [4.69, 9.17) is 0 Å². The third-order valence-corrected chi connectivity index (χ3v) is 7.69. The standard InChI is InChI=1S/C4H10Si.2ClH.Zr/c1-5(2,3)4;;;/h1H,2-4H3;2*1H;. The first-order valence-electron chi connectivity index (χ1n) is 2.08. The minimum atomic E-state index is -0.716. The molecule has 0 aromatic heterocycles. The molecule has 0 aliphatic heterocycles. The Morgan fingerprint density at radius 1 is 1.12 bits per heavy atom. The van der Waals surface area contributed by atoms with Gasteiger partial charge in [0.2, 0.25) is 0 Å². The Bertz CT molecular complexity index is 59.5. The number of halogens is 2. The van der Waals surface area contributed by atoms with E-state index in [0.717, 1.165) is 0 Å². The molecule has 0 bridgehead atoms. The van der Waals surface area contributed by atoms with E-state index in [-0.39, 0.29) is 24.8 Å². The Morgan fingerprint density at radius 3 is 1.25 bits per heavy atom. The van der Waals surface area contributed by atoms with Crippen molar-refractivity contribution < 1.29 is 24.2 Å². The Morgan fingerprint density at radius 2 is 1.25 bits per heavy atom. The topological polar surface area (TPSA) is 0 Å². The van der Waals surface area contributed by atoms with Gasteiger partial charge in [-0.1, -0.05) is 0 Å². The molecule has 4 heteroatoms. The van der Waals surface area contributed by atoms with Gasteiger partial charge < -0.3 is 0 Å². The van der Waals surface area contributed by atoms with E-state index in [2.05, 4.69) is 23.0 Å². The van der Waals surface area contributed by atoms with Crippen molar-refractivity contribution in [2.75, 3.05) is 0 Å². The van der Waals surface area contributed by atoms with Crippen molar-refractivity contribution >= 4 is 36.2 Å². The third-order valence-electron chi connectivity index (χ3n) is 0.433. The molecule has 0 spiro atoms. The van der Waals surface area contributed by atoms with Crippen molar-refractivity contribution in [3.63, 3.8) is 0 Å². The van der Waals surface area contributed by atoms with E-state index in [1.165, 1.54) is 0 Å². The molecule has 0 amide bonds. The molecule has 0 N–H and O–H groups in total. The van der Waals surface area contributed by atoms with Crippen LogP contribution in [0.2, 0.25) is 19.6 Å². The van der Waals surface area contributed by atoms with Gasteiger partial charge in [0.1, 0.15) is 0 Å². The van der Waals surface area contributed by atoms with E-state index < -0.39 is 8.07 Å². The SMILES string of the molecule is C[Si](C)(C)[CH]=[Zr].Cl.Cl. The van der Waals surface area contributed by atoms with Crippen LogP contribution in [0.15, 0.2) is 0 Å². The zero-order valence-electron chi connectivity index (χ0n) is 5.39. The molecule has 0 nitrogen and oxygen atoms in total. The molecule has 0 atom stereocenters. The summed E-state index contributed by atoms with van der Waals surface area (Å²) in [5.41, 5.74) is 0. The van der Waals surface area contributed by atoms with Crippen LogP contribution < -0.4 is 0 Å². The average molecular weight is 250 g/mol. The van der Waals surface area contributed by atoms with E-state index >= 15 is 0 Å². The van der Waals surface area contributed by atoms with Crippen molar-refractivity contribution in [1.82, 2.24) is 0 Å². The van der Waals surface area contributed by atoms with E-state index in [1.807, 2.05) is 0 Å². The summed E-state index contributed by atoms with van der Waals surface area (Å²) >= 11 is 1.59. The zero-order chi connectivity index (χ0) is 5.21. The first-order chi connectivity index (χ1) is 2.56. The van der Waals surface area contributed by atoms with Gasteiger partial charge in [-0.3, -0.25) is 0 Å². The van der Waals surface area contributed by atoms with E-state index in [1.54, 1.807) is 24.2 Å². The van der Waals surface area contributed by atoms with Gasteiger partial charge in [-0.25, -0.2) is 0 Å². The summed E-state index contributed by atoms with van der Waals surface area (Å²) in [4.78, 5) is 0. The molecular formula is C4H12Cl2SiZr. The third kappa shape index (κ3) is 15.6. The first kappa shape index (κ1) is 16.3. The van der Waals surface area contributed by atoms with Crippen LogP contribution in [0.25, 0.3) is 0 Å². The van der Waals surface area contributed by atoms with Crippen molar-refractivity contribution in [2.45, 2.75) is 19.6 Å². The van der Waals surface area contributed by atoms with Crippen LogP contribution in [-0.2, 0) is 24.2 Å². The fourth-order valence-electron chi connectivity index (χ4n) is 0. The van der Waals surface area contributed by atoms with Crippen LogP contribution in [-0.4, -0.2) is 11.4 Å². The second kappa shape index (κ2) is 6.67. The van der Waals surface area contributed by atoms with Gasteiger partial charge in [0.05, 0.1) is 0 Å². The van der Waals surface area contributed by atoms with Crippen LogP contribution in [0.5, 0.6) is 0 Å². The molecule has 0 saturated carbocycles. The predicted molar refractivity (Wildman–Crippen MR) is 43.9 cm³/mol. The maximum absolute atomic E-state index is 2.42. The second-order valence-electron chi connectivity index (χ2n) is 2.51. The molecule has 0 radical (unpaired) electrons. The summed E-state index contributed by atoms with van der Waals surface area (Å²) < 4.78 is 2.42. The second-order valence-corrected chi connectivity index (χ2v) is 9.66. The largest absolute Gasteiger partial charge is 0.147 e. The van der Waals surface area contributed by atoms with Gasteiger partial charge in [-0.2, -0.15) is 0 Å². The maximum Gasteiger partial charge on any atom is -0.147 e. The minimum absolute atomic E-state index is 0. The molecule has 0 heterocycles. The van der Waals surface area contributed by atoms with Crippen molar-refractivity contribution in [3.05, 3.63) is 0 Å². The van der Waals surface area contributed by atoms with Gasteiger partial charge in [0, 0.05) is 0 Å². The maximum atomic E-state index is 2.42. The van der Waals surface area contributed by atoms with Crippen LogP contribution in [0.1, 0.15) is 0 Å². The smallest absolute Gasteiger partial charge is 0.147 e. The molecule has 0 aliphatic rings. The summed E-state index contributed by atoms with van der Waals surface area (Å²) in [5.74, 6) is 0. The molecule has 8 heavy (non-hydrogen) atoms. The Kier molecular flexibility index (Phi) is 13.6. The quantitative estimate of drug-likeness (QED) is 0.625. The van der Waals surface area contributed by atoms with Crippen LogP contribution in [0.3, 0.4) is 0 Å². The van der Waals surface area contributed by atoms with Crippen molar-refractivity contribution in [1.29, 1.82) is 0 Å². The molecule has 0 aliphatic carbocycles. The number of hydrogen-bond acceptors (Lipinski definition) is 0. The fourth-order valence-corrected chi connectivity index (χ4v) is 0. The van der Waals surface area contributed by atoms with Crippen molar-refractivity contribution in [3.8, 4) is 0 Å². The average Bonchev–Trinajstić information content (AvgIpc) is 1.35. The summed E-state index contributed by atoms with van der Waals surface area (Å²) in [6.07, 6.45) is 0. The number of hydrogen-bond donors (Lipinski definition) is 0. The Labute approximate surface area is 79.6 Å². The van der Waals surface area contributed by atoms with Crippen LogP contribution in [0.4, 0.5) is 0 Å². The molecule has 0 fully saturated rings. The number of rotatable bonds is 1. The molecular weight excluding hydrogens is 238 g/mol. The van der Waals surface area contributed by atoms with Gasteiger partial charge in [0.15, 0.2) is 0 Å². The molecule has 0 aromatic rings. The van der Waals surface area contributed by atoms with Crippen molar-refractivity contribution in [2.24, 2.45) is 0 Å². The van der Waals surface area contributed by atoms with E-state index in [9.17, 15) is 0 Å². The summed E-state index contributed by atoms with van der Waals surface area (Å²) in [7, 11) is -0.716. The van der Waals surface area contributed by atoms with Gasteiger partial charge in [-0.15, -0.1) is 24.8 Å². The predicted octanol–water partition coefficient (Wildman–Crippen LogP) is 2.06. The van der Waals surface area contributed by atoms with Crippen LogP contribution >= 0.6 is 24.8 Å². The fraction of sp³-hybridized carbons (Fsp3) is 0.750. The molecule has 0 rings (SSSR count). The first-order valence-corrected chi connectivity index (χ1v) is 7.07. The van der Waals surface area contributed by atoms with Gasteiger partial charge in [0.25, 0.3) is 0 Å². The Balaban J connectivity index is -0.000000125. The minimum Gasteiger partial charge on any atom is -0.147 e. The van der Waals surface area contributed by atoms with Crippen LogP contribution in [0, 0.1) is 0 Å². The molecule has 0 aromatic carbocycles.